The van der Waals surface area contributed by atoms with Crippen LogP contribution in [0.1, 0.15) is 50.0 Å². The Kier molecular flexibility index (Phi) is 4.37. The average Bonchev–Trinajstić information content (AvgIpc) is 2.56. The van der Waals surface area contributed by atoms with Crippen LogP contribution in [0.25, 0.3) is 0 Å². The maximum Gasteiger partial charge on any atom is 0.226 e. The Labute approximate surface area is 126 Å². The molecule has 1 aliphatic heterocycles. The Morgan fingerprint density at radius 3 is 2.38 bits per heavy atom. The third kappa shape index (κ3) is 3.17. The number of nitrogens with zero attached hydrogens (tertiary/aromatic N) is 1. The molecule has 3 rings (SSSR count). The van der Waals surface area contributed by atoms with Crippen molar-refractivity contribution in [3.63, 3.8) is 0 Å². The highest BCUT2D eigenvalue weighted by atomic mass is 16.2. The number of hydrogen-bond acceptors (Lipinski definition) is 2. The van der Waals surface area contributed by atoms with E-state index in [1.165, 1.54) is 12.0 Å². The maximum atomic E-state index is 12.9. The van der Waals surface area contributed by atoms with Crippen LogP contribution in [0.2, 0.25) is 0 Å². The smallest absolute Gasteiger partial charge is 0.226 e. The van der Waals surface area contributed by atoms with Gasteiger partial charge in [0, 0.05) is 31.8 Å². The minimum Gasteiger partial charge on any atom is -0.342 e. The summed E-state index contributed by atoms with van der Waals surface area (Å²) in [7, 11) is 0. The Morgan fingerprint density at radius 1 is 1.00 bits per heavy atom. The number of rotatable bonds is 2. The minimum atomic E-state index is 0.106. The first-order valence-corrected chi connectivity index (χ1v) is 8.11. The molecule has 112 valence electrons. The van der Waals surface area contributed by atoms with Crippen LogP contribution in [0, 0.1) is 5.92 Å². The van der Waals surface area contributed by atoms with Crippen molar-refractivity contribution in [2.75, 3.05) is 13.1 Å². The van der Waals surface area contributed by atoms with Crippen LogP contribution in [0.3, 0.4) is 0 Å². The highest BCUT2D eigenvalue weighted by molar-refractivity contribution is 5.85. The average molecular weight is 285 g/mol. The molecular formula is C18H23NO2. The van der Waals surface area contributed by atoms with Crippen molar-refractivity contribution in [2.45, 2.75) is 44.4 Å². The van der Waals surface area contributed by atoms with E-state index in [1.807, 2.05) is 11.0 Å². The predicted octanol–water partition coefficient (Wildman–Crippen LogP) is 3.15. The fraction of sp³-hybridized carbons (Fsp3) is 0.556. The van der Waals surface area contributed by atoms with E-state index in [0.29, 0.717) is 37.6 Å². The summed E-state index contributed by atoms with van der Waals surface area (Å²) in [5.41, 5.74) is 1.30. The third-order valence-electron chi connectivity index (χ3n) is 4.94. The Bertz CT molecular complexity index is 501. The molecule has 2 aliphatic rings. The number of hydrogen-bond donors (Lipinski definition) is 0. The fourth-order valence-corrected chi connectivity index (χ4v) is 3.74. The standard InChI is InChI=1S/C18H23NO2/c20-15-10-12-19(13-11-15)18(21)17-9-5-4-8-16(17)14-6-2-1-3-7-14/h1-3,6-7,16-17H,4-5,8-13H2/t16-,17+/m1/s1. The lowest BCUT2D eigenvalue weighted by atomic mass is 9.74. The molecule has 1 aromatic carbocycles. The number of ketones is 1. The number of carbonyl (C=O) groups excluding carboxylic acids is 2. The Balaban J connectivity index is 1.75. The molecule has 0 spiro atoms. The first-order valence-electron chi connectivity index (χ1n) is 8.11. The Morgan fingerprint density at radius 2 is 1.67 bits per heavy atom. The largest absolute Gasteiger partial charge is 0.342 e. The second-order valence-corrected chi connectivity index (χ2v) is 6.27. The lowest BCUT2D eigenvalue weighted by molar-refractivity contribution is -0.139. The summed E-state index contributed by atoms with van der Waals surface area (Å²) in [4.78, 5) is 26.1. The molecule has 21 heavy (non-hydrogen) atoms. The molecule has 1 saturated heterocycles. The lowest BCUT2D eigenvalue weighted by Gasteiger charge is -2.36. The zero-order valence-electron chi connectivity index (χ0n) is 12.5. The quantitative estimate of drug-likeness (QED) is 0.837. The topological polar surface area (TPSA) is 37.4 Å². The van der Waals surface area contributed by atoms with E-state index in [1.54, 1.807) is 0 Å². The number of Topliss-reactive ketones (excluding diaryl/α,β-unsaturated/α-hetero) is 1. The van der Waals surface area contributed by atoms with E-state index in [4.69, 9.17) is 0 Å². The van der Waals surface area contributed by atoms with Gasteiger partial charge in [-0.25, -0.2) is 0 Å². The molecule has 0 radical (unpaired) electrons. The molecule has 1 aliphatic carbocycles. The van der Waals surface area contributed by atoms with Gasteiger partial charge in [-0.05, 0) is 24.3 Å². The number of benzene rings is 1. The molecule has 0 bridgehead atoms. The minimum absolute atomic E-state index is 0.106. The van der Waals surface area contributed by atoms with Gasteiger partial charge in [0.05, 0.1) is 0 Å². The molecule has 1 aromatic rings. The van der Waals surface area contributed by atoms with Crippen LogP contribution in [-0.2, 0) is 9.59 Å². The molecule has 3 nitrogen and oxygen atoms in total. The van der Waals surface area contributed by atoms with Crippen LogP contribution in [-0.4, -0.2) is 29.7 Å². The lowest BCUT2D eigenvalue weighted by Crippen LogP contribution is -2.44. The molecule has 1 amide bonds. The van der Waals surface area contributed by atoms with Crippen molar-refractivity contribution >= 4 is 11.7 Å². The number of carbonyl (C=O) groups is 2. The van der Waals surface area contributed by atoms with Gasteiger partial charge in [0.15, 0.2) is 0 Å². The zero-order valence-corrected chi connectivity index (χ0v) is 12.5. The molecule has 3 heteroatoms. The fourth-order valence-electron chi connectivity index (χ4n) is 3.74. The van der Waals surface area contributed by atoms with Crippen LogP contribution >= 0.6 is 0 Å². The van der Waals surface area contributed by atoms with E-state index in [0.717, 1.165) is 19.3 Å². The SMILES string of the molecule is O=C1CCN(C(=O)[C@H]2CCCC[C@@H]2c2ccccc2)CC1. The van der Waals surface area contributed by atoms with Gasteiger partial charge in [-0.3, -0.25) is 9.59 Å². The number of amides is 1. The molecule has 0 N–H and O–H groups in total. The normalized spacial score (nSPS) is 26.7. The summed E-state index contributed by atoms with van der Waals surface area (Å²) in [6.07, 6.45) is 5.52. The van der Waals surface area contributed by atoms with Crippen LogP contribution in [0.5, 0.6) is 0 Å². The van der Waals surface area contributed by atoms with Crippen LogP contribution in [0.15, 0.2) is 30.3 Å². The van der Waals surface area contributed by atoms with Gasteiger partial charge >= 0.3 is 0 Å². The van der Waals surface area contributed by atoms with Gasteiger partial charge in [-0.2, -0.15) is 0 Å². The third-order valence-corrected chi connectivity index (χ3v) is 4.94. The highest BCUT2D eigenvalue weighted by Crippen LogP contribution is 2.39. The summed E-state index contributed by atoms with van der Waals surface area (Å²) in [6.45, 7) is 1.24. The van der Waals surface area contributed by atoms with Gasteiger partial charge in [-0.15, -0.1) is 0 Å². The first kappa shape index (κ1) is 14.3. The second-order valence-electron chi connectivity index (χ2n) is 6.27. The van der Waals surface area contributed by atoms with Gasteiger partial charge in [0.2, 0.25) is 5.91 Å². The summed E-state index contributed by atoms with van der Waals surface area (Å²) >= 11 is 0. The van der Waals surface area contributed by atoms with Crippen molar-refractivity contribution in [2.24, 2.45) is 5.92 Å². The van der Waals surface area contributed by atoms with Crippen molar-refractivity contribution in [1.29, 1.82) is 0 Å². The summed E-state index contributed by atoms with van der Waals surface area (Å²) in [5.74, 6) is 1.03. The summed E-state index contributed by atoms with van der Waals surface area (Å²) in [5, 5.41) is 0. The van der Waals surface area contributed by atoms with E-state index in [9.17, 15) is 9.59 Å². The first-order chi connectivity index (χ1) is 10.3. The molecule has 2 atom stereocenters. The van der Waals surface area contributed by atoms with Gasteiger partial charge in [0.1, 0.15) is 5.78 Å². The molecule has 0 unspecified atom stereocenters. The predicted molar refractivity (Wildman–Crippen MR) is 82.0 cm³/mol. The number of piperidine rings is 1. The van der Waals surface area contributed by atoms with E-state index < -0.39 is 0 Å². The summed E-state index contributed by atoms with van der Waals surface area (Å²) in [6, 6.07) is 10.4. The Hall–Kier alpha value is -1.64. The van der Waals surface area contributed by atoms with Gasteiger partial charge < -0.3 is 4.90 Å². The van der Waals surface area contributed by atoms with Gasteiger partial charge in [-0.1, -0.05) is 43.2 Å². The van der Waals surface area contributed by atoms with E-state index in [2.05, 4.69) is 24.3 Å². The van der Waals surface area contributed by atoms with Crippen molar-refractivity contribution in [3.8, 4) is 0 Å². The molecular weight excluding hydrogens is 262 g/mol. The maximum absolute atomic E-state index is 12.9. The van der Waals surface area contributed by atoms with Crippen molar-refractivity contribution in [1.82, 2.24) is 4.90 Å². The second kappa shape index (κ2) is 6.42. The molecule has 0 aromatic heterocycles. The van der Waals surface area contributed by atoms with Crippen molar-refractivity contribution < 1.29 is 9.59 Å². The number of likely N-dealkylation sites (tertiary alicyclic amines) is 1. The monoisotopic (exact) mass is 285 g/mol. The van der Waals surface area contributed by atoms with Crippen LogP contribution < -0.4 is 0 Å². The van der Waals surface area contributed by atoms with E-state index >= 15 is 0 Å². The van der Waals surface area contributed by atoms with Crippen LogP contribution in [0.4, 0.5) is 0 Å². The van der Waals surface area contributed by atoms with Gasteiger partial charge in [0.25, 0.3) is 0 Å². The molecule has 1 heterocycles. The summed E-state index contributed by atoms with van der Waals surface area (Å²) < 4.78 is 0. The van der Waals surface area contributed by atoms with E-state index in [-0.39, 0.29) is 11.8 Å². The zero-order chi connectivity index (χ0) is 14.7. The molecule has 1 saturated carbocycles. The van der Waals surface area contributed by atoms with Crippen molar-refractivity contribution in [3.05, 3.63) is 35.9 Å². The molecule has 2 fully saturated rings. The highest BCUT2D eigenvalue weighted by Gasteiger charge is 2.35.